The van der Waals surface area contributed by atoms with Crippen molar-refractivity contribution in [3.63, 3.8) is 0 Å². The summed E-state index contributed by atoms with van der Waals surface area (Å²) in [5.41, 5.74) is 0. The molecule has 3 heteroatoms. The maximum Gasteiger partial charge on any atom is 0.0431 e. The molecule has 0 spiro atoms. The molecule has 0 heterocycles. The van der Waals surface area contributed by atoms with Crippen molar-refractivity contribution in [2.75, 3.05) is 18.1 Å². The van der Waals surface area contributed by atoms with Crippen molar-refractivity contribution in [2.24, 2.45) is 0 Å². The molecule has 0 aromatic rings. The Morgan fingerprint density at radius 3 is 1.67 bits per heavy atom. The Bertz CT molecular complexity index is 165. The Labute approximate surface area is 116 Å². The first-order chi connectivity index (χ1) is 8.81. The standard InChI is InChI=1S/C15H32O2S/c1-2-3-4-5-8-11-14-18(17)15-12-9-6-7-10-13-16/h16H,2-15H2,1H3/t18-/m0/s1. The van der Waals surface area contributed by atoms with Crippen LogP contribution in [0.25, 0.3) is 0 Å². The van der Waals surface area contributed by atoms with Gasteiger partial charge < -0.3 is 5.11 Å². The lowest BCUT2D eigenvalue weighted by molar-refractivity contribution is 0.282. The zero-order valence-corrected chi connectivity index (χ0v) is 13.0. The molecule has 0 bridgehead atoms. The zero-order valence-electron chi connectivity index (χ0n) is 12.2. The summed E-state index contributed by atoms with van der Waals surface area (Å²) in [5.74, 6) is 1.79. The molecule has 0 radical (unpaired) electrons. The number of rotatable bonds is 14. The summed E-state index contributed by atoms with van der Waals surface area (Å²) in [6, 6.07) is 0. The van der Waals surface area contributed by atoms with E-state index in [1.54, 1.807) is 0 Å². The minimum absolute atomic E-state index is 0.309. The molecule has 1 N–H and O–H groups in total. The van der Waals surface area contributed by atoms with Crippen LogP contribution in [-0.2, 0) is 10.8 Å². The van der Waals surface area contributed by atoms with Crippen LogP contribution in [0.4, 0.5) is 0 Å². The molecule has 0 aliphatic rings. The molecule has 1 atom stereocenters. The summed E-state index contributed by atoms with van der Waals surface area (Å²) in [4.78, 5) is 0. The van der Waals surface area contributed by atoms with E-state index < -0.39 is 10.8 Å². The van der Waals surface area contributed by atoms with Gasteiger partial charge in [0, 0.05) is 28.9 Å². The summed E-state index contributed by atoms with van der Waals surface area (Å²) in [6.45, 7) is 2.54. The van der Waals surface area contributed by atoms with Gasteiger partial charge in [-0.25, -0.2) is 0 Å². The fourth-order valence-corrected chi connectivity index (χ4v) is 3.31. The van der Waals surface area contributed by atoms with Gasteiger partial charge in [0.1, 0.15) is 0 Å². The minimum Gasteiger partial charge on any atom is -0.396 e. The highest BCUT2D eigenvalue weighted by molar-refractivity contribution is 7.84. The highest BCUT2D eigenvalue weighted by atomic mass is 32.2. The van der Waals surface area contributed by atoms with Crippen LogP contribution < -0.4 is 0 Å². The highest BCUT2D eigenvalue weighted by Gasteiger charge is 2.00. The van der Waals surface area contributed by atoms with Gasteiger partial charge in [-0.05, 0) is 19.3 Å². The molecule has 110 valence electrons. The average molecular weight is 276 g/mol. The molecule has 0 saturated carbocycles. The molecule has 0 rings (SSSR count). The SMILES string of the molecule is CCCCCCCC[S@](=O)CCCCCCCO. The van der Waals surface area contributed by atoms with E-state index in [0.717, 1.165) is 37.2 Å². The molecule has 0 saturated heterocycles. The minimum atomic E-state index is -0.584. The van der Waals surface area contributed by atoms with Gasteiger partial charge >= 0.3 is 0 Å². The summed E-state index contributed by atoms with van der Waals surface area (Å²) >= 11 is 0. The fraction of sp³-hybridized carbons (Fsp3) is 1.00. The quantitative estimate of drug-likeness (QED) is 0.486. The van der Waals surface area contributed by atoms with E-state index in [4.69, 9.17) is 5.11 Å². The molecule has 0 amide bonds. The van der Waals surface area contributed by atoms with Gasteiger partial charge in [-0.2, -0.15) is 0 Å². The van der Waals surface area contributed by atoms with E-state index >= 15 is 0 Å². The first kappa shape index (κ1) is 18.1. The second-order valence-electron chi connectivity index (χ2n) is 5.11. The van der Waals surface area contributed by atoms with Crippen LogP contribution in [0.3, 0.4) is 0 Å². The lowest BCUT2D eigenvalue weighted by atomic mass is 10.1. The van der Waals surface area contributed by atoms with Crippen LogP contribution in [0.1, 0.15) is 77.6 Å². The summed E-state index contributed by atoms with van der Waals surface area (Å²) < 4.78 is 11.7. The van der Waals surface area contributed by atoms with Gasteiger partial charge in [0.2, 0.25) is 0 Å². The van der Waals surface area contributed by atoms with E-state index in [1.165, 1.54) is 44.9 Å². The highest BCUT2D eigenvalue weighted by Crippen LogP contribution is 2.07. The molecule has 0 unspecified atom stereocenters. The normalized spacial score (nSPS) is 12.8. The van der Waals surface area contributed by atoms with Crippen LogP contribution in [0.5, 0.6) is 0 Å². The van der Waals surface area contributed by atoms with Crippen molar-refractivity contribution < 1.29 is 9.32 Å². The van der Waals surface area contributed by atoms with Crippen molar-refractivity contribution in [1.29, 1.82) is 0 Å². The van der Waals surface area contributed by atoms with Gasteiger partial charge in [-0.15, -0.1) is 0 Å². The monoisotopic (exact) mass is 276 g/mol. The topological polar surface area (TPSA) is 37.3 Å². The van der Waals surface area contributed by atoms with Crippen LogP contribution >= 0.6 is 0 Å². The fourth-order valence-electron chi connectivity index (χ4n) is 2.05. The third-order valence-electron chi connectivity index (χ3n) is 3.26. The smallest absolute Gasteiger partial charge is 0.0431 e. The predicted octanol–water partition coefficient (Wildman–Crippen LogP) is 4.04. The Kier molecular flexibility index (Phi) is 15.3. The number of unbranched alkanes of at least 4 members (excludes halogenated alkanes) is 9. The largest absolute Gasteiger partial charge is 0.396 e. The molecule has 18 heavy (non-hydrogen) atoms. The van der Waals surface area contributed by atoms with E-state index in [9.17, 15) is 4.21 Å². The van der Waals surface area contributed by atoms with Crippen LogP contribution in [0.15, 0.2) is 0 Å². The van der Waals surface area contributed by atoms with Gasteiger partial charge in [-0.1, -0.05) is 58.3 Å². The van der Waals surface area contributed by atoms with Gasteiger partial charge in [0.05, 0.1) is 0 Å². The van der Waals surface area contributed by atoms with E-state index in [2.05, 4.69) is 6.92 Å². The maximum absolute atomic E-state index is 11.7. The maximum atomic E-state index is 11.7. The molecular formula is C15H32O2S. The van der Waals surface area contributed by atoms with Gasteiger partial charge in [0.15, 0.2) is 0 Å². The number of hydrogen-bond acceptors (Lipinski definition) is 2. The Hall–Kier alpha value is 0.110. The number of aliphatic hydroxyl groups is 1. The van der Waals surface area contributed by atoms with E-state index in [-0.39, 0.29) is 0 Å². The third-order valence-corrected chi connectivity index (χ3v) is 4.74. The molecule has 0 aliphatic heterocycles. The van der Waals surface area contributed by atoms with Crippen molar-refractivity contribution in [3.05, 3.63) is 0 Å². The molecule has 0 fully saturated rings. The molecule has 0 aromatic heterocycles. The van der Waals surface area contributed by atoms with Crippen molar-refractivity contribution >= 4 is 10.8 Å². The van der Waals surface area contributed by atoms with Crippen molar-refractivity contribution in [2.45, 2.75) is 77.6 Å². The predicted molar refractivity (Wildman–Crippen MR) is 81.4 cm³/mol. The average Bonchev–Trinajstić information content (AvgIpc) is 2.38. The third kappa shape index (κ3) is 14.2. The van der Waals surface area contributed by atoms with Crippen LogP contribution in [0.2, 0.25) is 0 Å². The molecular weight excluding hydrogens is 244 g/mol. The number of hydrogen-bond donors (Lipinski definition) is 1. The van der Waals surface area contributed by atoms with Crippen molar-refractivity contribution in [1.82, 2.24) is 0 Å². The molecule has 0 aromatic carbocycles. The lowest BCUT2D eigenvalue weighted by Crippen LogP contribution is -2.02. The zero-order chi connectivity index (χ0) is 13.5. The summed E-state index contributed by atoms with van der Waals surface area (Å²) in [5, 5.41) is 8.64. The van der Waals surface area contributed by atoms with Gasteiger partial charge in [-0.3, -0.25) is 4.21 Å². The van der Waals surface area contributed by atoms with Gasteiger partial charge in [0.25, 0.3) is 0 Å². The molecule has 0 aliphatic carbocycles. The Morgan fingerprint density at radius 2 is 1.17 bits per heavy atom. The Morgan fingerprint density at radius 1 is 0.722 bits per heavy atom. The summed E-state index contributed by atoms with van der Waals surface area (Å²) in [7, 11) is -0.584. The van der Waals surface area contributed by atoms with E-state index in [1.807, 2.05) is 0 Å². The lowest BCUT2D eigenvalue weighted by Gasteiger charge is -2.03. The Balaban J connectivity index is 3.12. The van der Waals surface area contributed by atoms with Crippen molar-refractivity contribution in [3.8, 4) is 0 Å². The van der Waals surface area contributed by atoms with E-state index in [0.29, 0.717) is 6.61 Å². The van der Waals surface area contributed by atoms with Crippen LogP contribution in [-0.4, -0.2) is 27.4 Å². The second-order valence-corrected chi connectivity index (χ2v) is 6.80. The summed E-state index contributed by atoms with van der Waals surface area (Å²) in [6.07, 6.45) is 13.1. The first-order valence-corrected chi connectivity index (χ1v) is 9.26. The molecule has 2 nitrogen and oxygen atoms in total. The first-order valence-electron chi connectivity index (χ1n) is 7.77. The number of aliphatic hydroxyl groups excluding tert-OH is 1. The second kappa shape index (κ2) is 15.2. The van der Waals surface area contributed by atoms with Crippen LogP contribution in [0, 0.1) is 0 Å².